The van der Waals surface area contributed by atoms with Gasteiger partial charge in [0.1, 0.15) is 5.82 Å². The number of amides is 1. The van der Waals surface area contributed by atoms with Crippen LogP contribution in [0.25, 0.3) is 0 Å². The largest absolute Gasteiger partial charge is 0.410 e. The summed E-state index contributed by atoms with van der Waals surface area (Å²) in [7, 11) is 0. The summed E-state index contributed by atoms with van der Waals surface area (Å²) in [4.78, 5) is 18.4. The van der Waals surface area contributed by atoms with Crippen molar-refractivity contribution >= 4 is 11.7 Å². The number of carbonyl (C=O) groups excluding carboxylic acids is 1. The van der Waals surface area contributed by atoms with E-state index in [0.717, 1.165) is 17.5 Å². The summed E-state index contributed by atoms with van der Waals surface area (Å²) in [6.07, 6.45) is 0.219. The number of likely N-dealkylation sites (tertiary alicyclic amines) is 1. The highest BCUT2D eigenvalue weighted by atomic mass is 19.4. The van der Waals surface area contributed by atoms with Gasteiger partial charge in [-0.2, -0.15) is 18.3 Å². The highest BCUT2D eigenvalue weighted by molar-refractivity contribution is 5.93. The first-order valence-corrected chi connectivity index (χ1v) is 9.41. The number of nitrogens with zero attached hydrogens (tertiary/aromatic N) is 4. The highest BCUT2D eigenvalue weighted by Crippen LogP contribution is 2.42. The molecular formula is C19H22F3N5O. The summed E-state index contributed by atoms with van der Waals surface area (Å²) in [6, 6.07) is 3.05. The SMILES string of the molecule is Cc1cc2n(n1)[C@@H](C(F)(F)F)C[C@@H](C1CCCN(C(=O)c3cccnc3)C1)N2. The van der Waals surface area contributed by atoms with E-state index >= 15 is 0 Å². The van der Waals surface area contributed by atoms with Gasteiger partial charge < -0.3 is 10.2 Å². The topological polar surface area (TPSA) is 63.1 Å². The minimum Gasteiger partial charge on any atom is -0.367 e. The van der Waals surface area contributed by atoms with Crippen LogP contribution in [0.5, 0.6) is 0 Å². The Morgan fingerprint density at radius 2 is 2.18 bits per heavy atom. The summed E-state index contributed by atoms with van der Waals surface area (Å²) < 4.78 is 42.0. The molecule has 0 bridgehead atoms. The number of aromatic nitrogens is 3. The molecule has 1 saturated heterocycles. The van der Waals surface area contributed by atoms with E-state index in [1.54, 1.807) is 36.2 Å². The minimum absolute atomic E-state index is 0.0526. The highest BCUT2D eigenvalue weighted by Gasteiger charge is 2.47. The van der Waals surface area contributed by atoms with Crippen molar-refractivity contribution in [3.8, 4) is 0 Å². The average molecular weight is 393 g/mol. The first kappa shape index (κ1) is 18.8. The van der Waals surface area contributed by atoms with E-state index in [0.29, 0.717) is 30.2 Å². The lowest BCUT2D eigenvalue weighted by Gasteiger charge is -2.41. The Balaban J connectivity index is 1.53. The molecular weight excluding hydrogens is 371 g/mol. The molecule has 0 radical (unpaired) electrons. The molecule has 1 amide bonds. The van der Waals surface area contributed by atoms with Crippen molar-refractivity contribution in [1.82, 2.24) is 19.7 Å². The number of anilines is 1. The minimum atomic E-state index is -4.37. The quantitative estimate of drug-likeness (QED) is 0.849. The molecule has 2 aromatic rings. The average Bonchev–Trinajstić information content (AvgIpc) is 3.06. The van der Waals surface area contributed by atoms with Gasteiger partial charge in [0.25, 0.3) is 5.91 Å². The number of hydrogen-bond donors (Lipinski definition) is 1. The number of halogens is 3. The van der Waals surface area contributed by atoms with Gasteiger partial charge in [0.2, 0.25) is 0 Å². The van der Waals surface area contributed by atoms with Crippen LogP contribution < -0.4 is 5.32 Å². The van der Waals surface area contributed by atoms with Crippen molar-refractivity contribution in [1.29, 1.82) is 0 Å². The third-order valence-corrected chi connectivity index (χ3v) is 5.56. The van der Waals surface area contributed by atoms with Gasteiger partial charge in [-0.1, -0.05) is 0 Å². The van der Waals surface area contributed by atoms with E-state index in [4.69, 9.17) is 0 Å². The Hall–Kier alpha value is -2.58. The van der Waals surface area contributed by atoms with Crippen LogP contribution in [-0.2, 0) is 0 Å². The Morgan fingerprint density at radius 3 is 2.89 bits per heavy atom. The predicted molar refractivity (Wildman–Crippen MR) is 96.9 cm³/mol. The maximum absolute atomic E-state index is 13.6. The molecule has 2 aliphatic heterocycles. The number of carbonyl (C=O) groups is 1. The number of alkyl halides is 3. The second-order valence-electron chi connectivity index (χ2n) is 7.55. The van der Waals surface area contributed by atoms with E-state index in [1.165, 1.54) is 6.20 Å². The molecule has 1 N–H and O–H groups in total. The van der Waals surface area contributed by atoms with Crippen LogP contribution in [0, 0.1) is 12.8 Å². The molecule has 0 aliphatic carbocycles. The van der Waals surface area contributed by atoms with Crippen molar-refractivity contribution in [2.45, 2.75) is 44.4 Å². The smallest absolute Gasteiger partial charge is 0.367 e. The van der Waals surface area contributed by atoms with Gasteiger partial charge in [-0.25, -0.2) is 4.68 Å². The van der Waals surface area contributed by atoms with Crippen LogP contribution >= 0.6 is 0 Å². The zero-order valence-electron chi connectivity index (χ0n) is 15.5. The van der Waals surface area contributed by atoms with Crippen LogP contribution in [0.4, 0.5) is 19.0 Å². The Labute approximate surface area is 160 Å². The lowest BCUT2D eigenvalue weighted by atomic mass is 9.85. The third kappa shape index (κ3) is 3.57. The molecule has 1 unspecified atom stereocenters. The van der Waals surface area contributed by atoms with Gasteiger partial charge >= 0.3 is 6.18 Å². The normalized spacial score (nSPS) is 25.1. The summed E-state index contributed by atoms with van der Waals surface area (Å²) in [5.41, 5.74) is 1.05. The summed E-state index contributed by atoms with van der Waals surface area (Å²) in [5.74, 6) is 0.219. The van der Waals surface area contributed by atoms with Crippen LogP contribution in [0.1, 0.15) is 41.4 Å². The van der Waals surface area contributed by atoms with Gasteiger partial charge in [0, 0.05) is 37.6 Å². The maximum atomic E-state index is 13.6. The van der Waals surface area contributed by atoms with Crippen LogP contribution in [0.3, 0.4) is 0 Å². The van der Waals surface area contributed by atoms with Crippen molar-refractivity contribution in [2.24, 2.45) is 5.92 Å². The Morgan fingerprint density at radius 1 is 1.36 bits per heavy atom. The summed E-state index contributed by atoms with van der Waals surface area (Å²) >= 11 is 0. The number of fused-ring (bicyclic) bond motifs is 1. The number of rotatable bonds is 2. The van der Waals surface area contributed by atoms with E-state index in [-0.39, 0.29) is 24.3 Å². The zero-order valence-corrected chi connectivity index (χ0v) is 15.5. The molecule has 2 aliphatic rings. The van der Waals surface area contributed by atoms with Crippen molar-refractivity contribution in [3.63, 3.8) is 0 Å². The molecule has 4 heterocycles. The summed E-state index contributed by atoms with van der Waals surface area (Å²) in [5, 5.41) is 7.26. The number of nitrogens with one attached hydrogen (secondary N) is 1. The van der Waals surface area contributed by atoms with Crippen molar-refractivity contribution < 1.29 is 18.0 Å². The fraction of sp³-hybridized carbons (Fsp3) is 0.526. The van der Waals surface area contributed by atoms with Crippen molar-refractivity contribution in [2.75, 3.05) is 18.4 Å². The second-order valence-corrected chi connectivity index (χ2v) is 7.55. The molecule has 150 valence electrons. The first-order chi connectivity index (χ1) is 13.3. The molecule has 28 heavy (non-hydrogen) atoms. The molecule has 1 fully saturated rings. The van der Waals surface area contributed by atoms with Gasteiger partial charge in [0.05, 0.1) is 11.3 Å². The van der Waals surface area contributed by atoms with Crippen LogP contribution in [-0.4, -0.2) is 50.9 Å². The molecule has 9 heteroatoms. The van der Waals surface area contributed by atoms with Crippen molar-refractivity contribution in [3.05, 3.63) is 41.9 Å². The zero-order chi connectivity index (χ0) is 19.9. The summed E-state index contributed by atoms with van der Waals surface area (Å²) in [6.45, 7) is 2.73. The second kappa shape index (κ2) is 7.10. The Bertz CT molecular complexity index is 851. The van der Waals surface area contributed by atoms with Crippen LogP contribution in [0.15, 0.2) is 30.6 Å². The lowest BCUT2D eigenvalue weighted by Crippen LogP contribution is -2.49. The lowest BCUT2D eigenvalue weighted by molar-refractivity contribution is -0.174. The fourth-order valence-corrected chi connectivity index (χ4v) is 4.23. The third-order valence-electron chi connectivity index (χ3n) is 5.56. The number of piperidine rings is 1. The first-order valence-electron chi connectivity index (χ1n) is 9.41. The molecule has 0 spiro atoms. The fourth-order valence-electron chi connectivity index (χ4n) is 4.23. The van der Waals surface area contributed by atoms with Gasteiger partial charge in [-0.05, 0) is 44.2 Å². The van der Waals surface area contributed by atoms with E-state index in [1.807, 2.05) is 0 Å². The number of pyridine rings is 1. The van der Waals surface area contributed by atoms with Gasteiger partial charge in [0.15, 0.2) is 6.04 Å². The molecule has 3 atom stereocenters. The molecule has 0 aromatic carbocycles. The number of aryl methyl sites for hydroxylation is 1. The number of hydrogen-bond acceptors (Lipinski definition) is 4. The molecule has 4 rings (SSSR count). The Kier molecular flexibility index (Phi) is 4.76. The molecule has 2 aromatic heterocycles. The van der Waals surface area contributed by atoms with Gasteiger partial charge in [-0.15, -0.1) is 0 Å². The predicted octanol–water partition coefficient (Wildman–Crippen LogP) is 3.43. The van der Waals surface area contributed by atoms with E-state index in [9.17, 15) is 18.0 Å². The molecule has 0 saturated carbocycles. The van der Waals surface area contributed by atoms with E-state index < -0.39 is 12.2 Å². The monoisotopic (exact) mass is 393 g/mol. The maximum Gasteiger partial charge on any atom is 0.410 e. The molecule has 6 nitrogen and oxygen atoms in total. The van der Waals surface area contributed by atoms with Gasteiger partial charge in [-0.3, -0.25) is 9.78 Å². The van der Waals surface area contributed by atoms with E-state index in [2.05, 4.69) is 15.4 Å². The van der Waals surface area contributed by atoms with Crippen LogP contribution in [0.2, 0.25) is 0 Å². The standard InChI is InChI=1S/C19H22F3N5O/c1-12-8-17-24-15(9-16(19(20,21)22)27(17)25-12)14-5-3-7-26(11-14)18(28)13-4-2-6-23-10-13/h2,4,6,8,10,14-16,24H,3,5,7,9,11H2,1H3/t14?,15-,16+/m0/s1.